The maximum absolute atomic E-state index is 12.6. The molecule has 23 heavy (non-hydrogen) atoms. The number of sulfone groups is 1. The zero-order valence-corrected chi connectivity index (χ0v) is 13.8. The normalized spacial score (nSPS) is 22.0. The Balaban J connectivity index is 1.78. The van der Waals surface area contributed by atoms with E-state index in [9.17, 15) is 13.2 Å². The van der Waals surface area contributed by atoms with Crippen LogP contribution in [0.25, 0.3) is 10.8 Å². The maximum Gasteiger partial charge on any atom is 0.270 e. The summed E-state index contributed by atoms with van der Waals surface area (Å²) in [5.74, 6) is -0.235. The van der Waals surface area contributed by atoms with Crippen LogP contribution in [0, 0.1) is 0 Å². The monoisotopic (exact) mass is 332 g/mol. The van der Waals surface area contributed by atoms with Crippen molar-refractivity contribution in [2.24, 2.45) is 0 Å². The van der Waals surface area contributed by atoms with Gasteiger partial charge in [0.05, 0.1) is 5.25 Å². The fraction of sp³-hybridized carbons (Fsp3) is 0.412. The van der Waals surface area contributed by atoms with Gasteiger partial charge in [-0.1, -0.05) is 30.7 Å². The fourth-order valence-electron chi connectivity index (χ4n) is 3.22. The highest BCUT2D eigenvalue weighted by atomic mass is 32.2. The Morgan fingerprint density at radius 1 is 1.22 bits per heavy atom. The highest BCUT2D eigenvalue weighted by Gasteiger charge is 2.30. The smallest absolute Gasteiger partial charge is 0.270 e. The van der Waals surface area contributed by atoms with Gasteiger partial charge in [-0.2, -0.15) is 0 Å². The minimum atomic E-state index is -3.06. The van der Waals surface area contributed by atoms with Crippen molar-refractivity contribution in [3.05, 3.63) is 42.2 Å². The summed E-state index contributed by atoms with van der Waals surface area (Å²) in [6.45, 7) is 0. The molecule has 1 aromatic carbocycles. The van der Waals surface area contributed by atoms with Gasteiger partial charge in [-0.25, -0.2) is 8.42 Å². The van der Waals surface area contributed by atoms with E-state index in [-0.39, 0.29) is 17.2 Å². The standard InChI is InChI=1S/C17H20N2O3S/c1-23(21,22)14-7-4-6-13(11-14)19-17(20)16-15-8-3-2-5-12(15)9-10-18-16/h2-3,5,8-10,13-14H,4,6-7,11H2,1H3,(H,19,20)/t13-,14+/m1/s1. The lowest BCUT2D eigenvalue weighted by Crippen LogP contribution is -2.42. The van der Waals surface area contributed by atoms with Gasteiger partial charge in [-0.15, -0.1) is 0 Å². The summed E-state index contributed by atoms with van der Waals surface area (Å²) in [6, 6.07) is 9.36. The molecule has 3 rings (SSSR count). The van der Waals surface area contributed by atoms with Gasteiger partial charge in [0.2, 0.25) is 0 Å². The molecule has 0 radical (unpaired) electrons. The van der Waals surface area contributed by atoms with Crippen LogP contribution in [-0.4, -0.2) is 36.9 Å². The molecular formula is C17H20N2O3S. The van der Waals surface area contributed by atoms with Crippen molar-refractivity contribution < 1.29 is 13.2 Å². The molecule has 1 amide bonds. The first-order valence-electron chi connectivity index (χ1n) is 7.78. The van der Waals surface area contributed by atoms with Gasteiger partial charge in [0, 0.05) is 23.9 Å². The quantitative estimate of drug-likeness (QED) is 0.936. The molecule has 1 aliphatic rings. The Bertz CT molecular complexity index is 827. The van der Waals surface area contributed by atoms with Crippen molar-refractivity contribution in [1.29, 1.82) is 0 Å². The second-order valence-corrected chi connectivity index (χ2v) is 8.49. The topological polar surface area (TPSA) is 76.1 Å². The number of benzene rings is 1. The second-order valence-electron chi connectivity index (χ2n) is 6.17. The first-order valence-corrected chi connectivity index (χ1v) is 9.74. The number of amides is 1. The molecule has 1 aliphatic carbocycles. The molecule has 1 heterocycles. The van der Waals surface area contributed by atoms with Crippen LogP contribution in [0.5, 0.6) is 0 Å². The Labute approximate surface area is 136 Å². The van der Waals surface area contributed by atoms with Crippen molar-refractivity contribution >= 4 is 26.5 Å². The molecule has 0 aliphatic heterocycles. The third-order valence-corrected chi connectivity index (χ3v) is 6.09. The molecule has 0 saturated heterocycles. The predicted octanol–water partition coefficient (Wildman–Crippen LogP) is 2.32. The number of carbonyl (C=O) groups excluding carboxylic acids is 1. The summed E-state index contributed by atoms with van der Waals surface area (Å²) >= 11 is 0. The van der Waals surface area contributed by atoms with Gasteiger partial charge in [-0.05, 0) is 30.7 Å². The van der Waals surface area contributed by atoms with Gasteiger partial charge in [0.1, 0.15) is 15.5 Å². The molecule has 0 spiro atoms. The second kappa shape index (κ2) is 6.28. The Kier molecular flexibility index (Phi) is 4.35. The number of hydrogen-bond donors (Lipinski definition) is 1. The highest BCUT2D eigenvalue weighted by molar-refractivity contribution is 7.91. The first kappa shape index (κ1) is 15.9. The highest BCUT2D eigenvalue weighted by Crippen LogP contribution is 2.24. The number of rotatable bonds is 3. The number of fused-ring (bicyclic) bond motifs is 1. The van der Waals surface area contributed by atoms with E-state index in [0.29, 0.717) is 18.5 Å². The Morgan fingerprint density at radius 2 is 2.00 bits per heavy atom. The van der Waals surface area contributed by atoms with Crippen LogP contribution in [0.2, 0.25) is 0 Å². The van der Waals surface area contributed by atoms with E-state index in [4.69, 9.17) is 0 Å². The van der Waals surface area contributed by atoms with E-state index in [0.717, 1.165) is 23.6 Å². The predicted molar refractivity (Wildman–Crippen MR) is 90.1 cm³/mol. The third-order valence-electron chi connectivity index (χ3n) is 4.46. The molecule has 2 aromatic rings. The van der Waals surface area contributed by atoms with Gasteiger partial charge >= 0.3 is 0 Å². The molecule has 1 fully saturated rings. The first-order chi connectivity index (χ1) is 10.9. The lowest BCUT2D eigenvalue weighted by molar-refractivity contribution is 0.0925. The van der Waals surface area contributed by atoms with E-state index in [1.54, 1.807) is 6.20 Å². The van der Waals surface area contributed by atoms with Crippen LogP contribution >= 0.6 is 0 Å². The van der Waals surface area contributed by atoms with Crippen molar-refractivity contribution in [3.8, 4) is 0 Å². The molecule has 6 heteroatoms. The summed E-state index contributed by atoms with van der Waals surface area (Å²) in [5.41, 5.74) is 0.393. The Morgan fingerprint density at radius 3 is 2.78 bits per heavy atom. The summed E-state index contributed by atoms with van der Waals surface area (Å²) in [6.07, 6.45) is 5.67. The zero-order valence-electron chi connectivity index (χ0n) is 13.0. The molecule has 1 saturated carbocycles. The lowest BCUT2D eigenvalue weighted by atomic mass is 9.94. The van der Waals surface area contributed by atoms with Gasteiger partial charge in [-0.3, -0.25) is 9.78 Å². The molecule has 2 atom stereocenters. The molecule has 1 N–H and O–H groups in total. The van der Waals surface area contributed by atoms with Gasteiger partial charge < -0.3 is 5.32 Å². The average molecular weight is 332 g/mol. The number of carbonyl (C=O) groups is 1. The van der Waals surface area contributed by atoms with E-state index in [1.165, 1.54) is 6.26 Å². The molecule has 5 nitrogen and oxygen atoms in total. The van der Waals surface area contributed by atoms with Gasteiger partial charge in [0.15, 0.2) is 0 Å². The van der Waals surface area contributed by atoms with Crippen molar-refractivity contribution in [3.63, 3.8) is 0 Å². The fourth-order valence-corrected chi connectivity index (χ4v) is 4.40. The van der Waals surface area contributed by atoms with E-state index in [1.807, 2.05) is 30.3 Å². The van der Waals surface area contributed by atoms with E-state index < -0.39 is 9.84 Å². The number of nitrogens with one attached hydrogen (secondary N) is 1. The minimum Gasteiger partial charge on any atom is -0.348 e. The number of hydrogen-bond acceptors (Lipinski definition) is 4. The number of aromatic nitrogens is 1. The SMILES string of the molecule is CS(=O)(=O)[C@H]1CCC[C@@H](NC(=O)c2nccc3ccccc23)C1. The van der Waals surface area contributed by atoms with Crippen LogP contribution in [0.3, 0.4) is 0 Å². The molecule has 0 bridgehead atoms. The van der Waals surface area contributed by atoms with Gasteiger partial charge in [0.25, 0.3) is 5.91 Å². The van der Waals surface area contributed by atoms with E-state index in [2.05, 4.69) is 10.3 Å². The molecule has 0 unspecified atom stereocenters. The molecule has 1 aromatic heterocycles. The average Bonchev–Trinajstić information content (AvgIpc) is 2.53. The molecular weight excluding hydrogens is 312 g/mol. The number of pyridine rings is 1. The summed E-state index contributed by atoms with van der Waals surface area (Å²) in [7, 11) is -3.06. The lowest BCUT2D eigenvalue weighted by Gasteiger charge is -2.28. The summed E-state index contributed by atoms with van der Waals surface area (Å²) < 4.78 is 23.5. The zero-order chi connectivity index (χ0) is 16.4. The minimum absolute atomic E-state index is 0.114. The van der Waals surface area contributed by atoms with Crippen LogP contribution in [-0.2, 0) is 9.84 Å². The summed E-state index contributed by atoms with van der Waals surface area (Å²) in [4.78, 5) is 16.8. The largest absolute Gasteiger partial charge is 0.348 e. The van der Waals surface area contributed by atoms with Crippen molar-refractivity contribution in [2.75, 3.05) is 6.26 Å². The van der Waals surface area contributed by atoms with Crippen molar-refractivity contribution in [1.82, 2.24) is 10.3 Å². The Hall–Kier alpha value is -1.95. The van der Waals surface area contributed by atoms with Crippen LogP contribution in [0.1, 0.15) is 36.2 Å². The van der Waals surface area contributed by atoms with Crippen LogP contribution in [0.15, 0.2) is 36.5 Å². The van der Waals surface area contributed by atoms with E-state index >= 15 is 0 Å². The maximum atomic E-state index is 12.6. The molecule has 122 valence electrons. The number of nitrogens with zero attached hydrogens (tertiary/aromatic N) is 1. The summed E-state index contributed by atoms with van der Waals surface area (Å²) in [5, 5.41) is 4.38. The van der Waals surface area contributed by atoms with Crippen LogP contribution in [0.4, 0.5) is 0 Å². The van der Waals surface area contributed by atoms with Crippen molar-refractivity contribution in [2.45, 2.75) is 37.0 Å². The van der Waals surface area contributed by atoms with Crippen LogP contribution < -0.4 is 5.32 Å². The third kappa shape index (κ3) is 3.52.